The summed E-state index contributed by atoms with van der Waals surface area (Å²) in [5.74, 6) is 0.550. The highest BCUT2D eigenvalue weighted by Gasteiger charge is 2.06. The fourth-order valence-corrected chi connectivity index (χ4v) is 2.22. The van der Waals surface area contributed by atoms with Crippen LogP contribution < -0.4 is 11.1 Å². The molecule has 4 nitrogen and oxygen atoms in total. The smallest absolute Gasteiger partial charge is 0.295 e. The van der Waals surface area contributed by atoms with Gasteiger partial charge in [0.2, 0.25) is 0 Å². The second-order valence-corrected chi connectivity index (χ2v) is 5.50. The van der Waals surface area contributed by atoms with Crippen LogP contribution in [0.5, 0.6) is 0 Å². The van der Waals surface area contributed by atoms with Gasteiger partial charge in [-0.25, -0.2) is 0 Å². The first-order chi connectivity index (χ1) is 10.1. The number of aromatic nitrogens is 1. The second-order valence-electron chi connectivity index (χ2n) is 5.50. The van der Waals surface area contributed by atoms with Gasteiger partial charge in [0.15, 0.2) is 5.58 Å². The molecule has 1 heterocycles. The van der Waals surface area contributed by atoms with Gasteiger partial charge >= 0.3 is 0 Å². The van der Waals surface area contributed by atoms with Crippen molar-refractivity contribution in [2.24, 2.45) is 0 Å². The summed E-state index contributed by atoms with van der Waals surface area (Å²) in [6.07, 6.45) is 0. The minimum absolute atomic E-state index is 0.517. The fraction of sp³-hybridized carbons (Fsp3) is 0.235. The van der Waals surface area contributed by atoms with Crippen molar-refractivity contribution in [3.8, 4) is 0 Å². The number of hydrogen-bond acceptors (Lipinski definition) is 4. The molecular weight excluding hydrogens is 262 g/mol. The van der Waals surface area contributed by atoms with Gasteiger partial charge in [-0.15, -0.1) is 0 Å². The number of nitrogens with two attached hydrogens (primary N) is 1. The Morgan fingerprint density at radius 2 is 1.90 bits per heavy atom. The summed E-state index contributed by atoms with van der Waals surface area (Å²) in [6, 6.07) is 14.5. The maximum absolute atomic E-state index is 5.73. The Morgan fingerprint density at radius 3 is 2.62 bits per heavy atom. The first kappa shape index (κ1) is 13.5. The predicted octanol–water partition coefficient (Wildman–Crippen LogP) is 4.15. The van der Waals surface area contributed by atoms with Gasteiger partial charge in [-0.2, -0.15) is 4.98 Å². The molecule has 1 aromatic heterocycles. The third-order valence-corrected chi connectivity index (χ3v) is 3.50. The van der Waals surface area contributed by atoms with Crippen molar-refractivity contribution in [3.05, 3.63) is 53.6 Å². The first-order valence-corrected chi connectivity index (χ1v) is 7.10. The maximum Gasteiger partial charge on any atom is 0.295 e. The summed E-state index contributed by atoms with van der Waals surface area (Å²) < 4.78 is 5.63. The monoisotopic (exact) mass is 281 g/mol. The van der Waals surface area contributed by atoms with Crippen LogP contribution in [0.15, 0.2) is 46.9 Å². The van der Waals surface area contributed by atoms with Gasteiger partial charge < -0.3 is 15.5 Å². The van der Waals surface area contributed by atoms with Gasteiger partial charge in [0.25, 0.3) is 6.01 Å². The molecule has 2 aromatic carbocycles. The minimum Gasteiger partial charge on any atom is -0.424 e. The van der Waals surface area contributed by atoms with Crippen molar-refractivity contribution < 1.29 is 4.42 Å². The van der Waals surface area contributed by atoms with Gasteiger partial charge in [0, 0.05) is 12.2 Å². The summed E-state index contributed by atoms with van der Waals surface area (Å²) in [5, 5.41) is 3.20. The van der Waals surface area contributed by atoms with Gasteiger partial charge in [0.1, 0.15) is 5.52 Å². The van der Waals surface area contributed by atoms with Crippen molar-refractivity contribution >= 4 is 22.8 Å². The number of fused-ring (bicyclic) bond motifs is 1. The van der Waals surface area contributed by atoms with E-state index in [2.05, 4.69) is 48.4 Å². The van der Waals surface area contributed by atoms with Crippen molar-refractivity contribution in [2.75, 3.05) is 11.1 Å². The number of nitrogens with zero attached hydrogens (tertiary/aromatic N) is 1. The lowest BCUT2D eigenvalue weighted by atomic mass is 10.0. The minimum atomic E-state index is 0.517. The Bertz CT molecular complexity index is 744. The van der Waals surface area contributed by atoms with Crippen LogP contribution in [0.1, 0.15) is 30.9 Å². The van der Waals surface area contributed by atoms with E-state index in [1.807, 2.05) is 12.1 Å². The average molecular weight is 281 g/mol. The van der Waals surface area contributed by atoms with Crippen LogP contribution in [0, 0.1) is 0 Å². The van der Waals surface area contributed by atoms with Gasteiger partial charge in [-0.3, -0.25) is 0 Å². The predicted molar refractivity (Wildman–Crippen MR) is 86.3 cm³/mol. The van der Waals surface area contributed by atoms with Crippen molar-refractivity contribution in [1.82, 2.24) is 4.98 Å². The molecule has 0 aliphatic heterocycles. The van der Waals surface area contributed by atoms with E-state index in [1.165, 1.54) is 11.1 Å². The topological polar surface area (TPSA) is 64.1 Å². The maximum atomic E-state index is 5.73. The largest absolute Gasteiger partial charge is 0.424 e. The van der Waals surface area contributed by atoms with Crippen molar-refractivity contribution in [1.29, 1.82) is 0 Å². The molecule has 3 aromatic rings. The first-order valence-electron chi connectivity index (χ1n) is 7.10. The van der Waals surface area contributed by atoms with E-state index < -0.39 is 0 Å². The quantitative estimate of drug-likeness (QED) is 0.705. The van der Waals surface area contributed by atoms with Crippen LogP contribution in [0.4, 0.5) is 11.7 Å². The molecule has 21 heavy (non-hydrogen) atoms. The molecule has 0 unspecified atom stereocenters. The third kappa shape index (κ3) is 2.99. The summed E-state index contributed by atoms with van der Waals surface area (Å²) in [5.41, 5.74) is 10.5. The summed E-state index contributed by atoms with van der Waals surface area (Å²) in [4.78, 5) is 4.38. The molecule has 0 atom stereocenters. The SMILES string of the molecule is CC(C)c1ccc(CNc2nc3cc(N)ccc3o2)cc1. The molecule has 0 amide bonds. The van der Waals surface area contributed by atoms with Gasteiger partial charge in [-0.1, -0.05) is 38.1 Å². The molecule has 0 saturated carbocycles. The lowest BCUT2D eigenvalue weighted by Crippen LogP contribution is -1.99. The zero-order valence-corrected chi connectivity index (χ0v) is 12.3. The van der Waals surface area contributed by atoms with Crippen LogP contribution in [-0.4, -0.2) is 4.98 Å². The normalized spacial score (nSPS) is 11.2. The molecular formula is C17H19N3O. The van der Waals surface area contributed by atoms with E-state index in [4.69, 9.17) is 10.2 Å². The Balaban J connectivity index is 1.71. The van der Waals surface area contributed by atoms with Crippen LogP contribution in [0.3, 0.4) is 0 Å². The third-order valence-electron chi connectivity index (χ3n) is 3.50. The molecule has 4 heteroatoms. The summed E-state index contributed by atoms with van der Waals surface area (Å²) in [6.45, 7) is 5.06. The highest BCUT2D eigenvalue weighted by atomic mass is 16.4. The second kappa shape index (κ2) is 5.48. The van der Waals surface area contributed by atoms with E-state index >= 15 is 0 Å². The van der Waals surface area contributed by atoms with E-state index in [0.29, 0.717) is 24.2 Å². The van der Waals surface area contributed by atoms with Crippen LogP contribution in [0.2, 0.25) is 0 Å². The Morgan fingerprint density at radius 1 is 1.14 bits per heavy atom. The van der Waals surface area contributed by atoms with Crippen LogP contribution in [-0.2, 0) is 6.54 Å². The number of nitrogens with one attached hydrogen (secondary N) is 1. The van der Waals surface area contributed by atoms with E-state index in [0.717, 1.165) is 11.1 Å². The number of anilines is 2. The summed E-state index contributed by atoms with van der Waals surface area (Å²) >= 11 is 0. The van der Waals surface area contributed by atoms with Crippen molar-refractivity contribution in [2.45, 2.75) is 26.3 Å². The standard InChI is InChI=1S/C17H19N3O/c1-11(2)13-5-3-12(4-6-13)10-19-17-20-15-9-14(18)7-8-16(15)21-17/h3-9,11H,10,18H2,1-2H3,(H,19,20). The molecule has 3 rings (SSSR count). The molecule has 3 N–H and O–H groups in total. The van der Waals surface area contributed by atoms with E-state index in [-0.39, 0.29) is 0 Å². The Kier molecular flexibility index (Phi) is 3.52. The fourth-order valence-electron chi connectivity index (χ4n) is 2.22. The Labute approximate surface area is 124 Å². The van der Waals surface area contributed by atoms with Crippen LogP contribution >= 0.6 is 0 Å². The highest BCUT2D eigenvalue weighted by molar-refractivity contribution is 5.78. The van der Waals surface area contributed by atoms with E-state index in [1.54, 1.807) is 6.07 Å². The van der Waals surface area contributed by atoms with Gasteiger partial charge in [-0.05, 0) is 35.2 Å². The number of nitrogen functional groups attached to an aromatic ring is 1. The number of oxazole rings is 1. The molecule has 0 spiro atoms. The zero-order valence-electron chi connectivity index (χ0n) is 12.3. The number of rotatable bonds is 4. The molecule has 108 valence electrons. The van der Waals surface area contributed by atoms with E-state index in [9.17, 15) is 0 Å². The van der Waals surface area contributed by atoms with Gasteiger partial charge in [0.05, 0.1) is 0 Å². The number of hydrogen-bond donors (Lipinski definition) is 2. The molecule has 0 fully saturated rings. The summed E-state index contributed by atoms with van der Waals surface area (Å²) in [7, 11) is 0. The molecule has 0 bridgehead atoms. The lowest BCUT2D eigenvalue weighted by molar-refractivity contribution is 0.614. The molecule has 0 aliphatic rings. The molecule has 0 aliphatic carbocycles. The molecule has 0 saturated heterocycles. The lowest BCUT2D eigenvalue weighted by Gasteiger charge is -2.07. The average Bonchev–Trinajstić information content (AvgIpc) is 2.87. The van der Waals surface area contributed by atoms with Crippen LogP contribution in [0.25, 0.3) is 11.1 Å². The Hall–Kier alpha value is -2.49. The van der Waals surface area contributed by atoms with Crippen molar-refractivity contribution in [3.63, 3.8) is 0 Å². The highest BCUT2D eigenvalue weighted by Crippen LogP contribution is 2.21. The number of benzene rings is 2. The molecule has 0 radical (unpaired) electrons. The zero-order chi connectivity index (χ0) is 14.8.